The molecule has 0 aromatic heterocycles. The number of esters is 1. The zero-order valence-electron chi connectivity index (χ0n) is 14.6. The van der Waals surface area contributed by atoms with Crippen molar-refractivity contribution in [3.8, 4) is 0 Å². The molecule has 0 fully saturated rings. The van der Waals surface area contributed by atoms with Crippen molar-refractivity contribution in [2.24, 2.45) is 5.92 Å². The van der Waals surface area contributed by atoms with E-state index in [1.54, 1.807) is 55.5 Å². The fourth-order valence-electron chi connectivity index (χ4n) is 2.59. The molecule has 2 unspecified atom stereocenters. The lowest BCUT2D eigenvalue weighted by Gasteiger charge is -2.25. The molecule has 6 nitrogen and oxygen atoms in total. The minimum atomic E-state index is -3.94. The van der Waals surface area contributed by atoms with Gasteiger partial charge in [-0.1, -0.05) is 48.5 Å². The summed E-state index contributed by atoms with van der Waals surface area (Å²) < 4.78 is 33.0. The minimum Gasteiger partial charge on any atom is -0.465 e. The molecule has 0 saturated heterocycles. The molecule has 0 aliphatic carbocycles. The lowest BCUT2D eigenvalue weighted by atomic mass is 9.91. The lowest BCUT2D eigenvalue weighted by Crippen LogP contribution is -2.40. The standard InChI is InChI=1S/C19H21NO5S/c1-3-25-19(22)17(14(2)21)18(15-10-6-4-7-11-15)20-26(23,24)16-12-8-5-9-13-16/h4-13,17-18,20H,3H2,1-2H3. The first-order valence-electron chi connectivity index (χ1n) is 8.16. The van der Waals surface area contributed by atoms with Crippen molar-refractivity contribution in [3.05, 3.63) is 66.2 Å². The minimum absolute atomic E-state index is 0.0482. The fraction of sp³-hybridized carbons (Fsp3) is 0.263. The van der Waals surface area contributed by atoms with Gasteiger partial charge in [0.25, 0.3) is 0 Å². The molecule has 2 aromatic carbocycles. The fourth-order valence-corrected chi connectivity index (χ4v) is 3.85. The Bertz CT molecular complexity index is 850. The number of sulfonamides is 1. The van der Waals surface area contributed by atoms with Crippen LogP contribution in [0.25, 0.3) is 0 Å². The van der Waals surface area contributed by atoms with Crippen LogP contribution in [0.1, 0.15) is 25.5 Å². The van der Waals surface area contributed by atoms with Crippen LogP contribution in [0.4, 0.5) is 0 Å². The highest BCUT2D eigenvalue weighted by molar-refractivity contribution is 7.89. The molecule has 0 aliphatic rings. The summed E-state index contributed by atoms with van der Waals surface area (Å²) in [6, 6.07) is 15.2. The van der Waals surface area contributed by atoms with Gasteiger partial charge in [0, 0.05) is 0 Å². The van der Waals surface area contributed by atoms with Gasteiger partial charge >= 0.3 is 5.97 Å². The van der Waals surface area contributed by atoms with Crippen LogP contribution in [0.3, 0.4) is 0 Å². The average Bonchev–Trinajstić information content (AvgIpc) is 2.62. The second-order valence-corrected chi connectivity index (χ2v) is 7.38. The molecule has 0 saturated carbocycles. The van der Waals surface area contributed by atoms with Crippen LogP contribution in [0.2, 0.25) is 0 Å². The third-order valence-electron chi connectivity index (χ3n) is 3.81. The Morgan fingerprint density at radius 1 is 1.00 bits per heavy atom. The number of ketones is 1. The highest BCUT2D eigenvalue weighted by Gasteiger charge is 2.37. The van der Waals surface area contributed by atoms with Crippen molar-refractivity contribution >= 4 is 21.8 Å². The second-order valence-electron chi connectivity index (χ2n) is 5.66. The number of carbonyl (C=O) groups excluding carboxylic acids is 2. The quantitative estimate of drug-likeness (QED) is 0.565. The number of benzene rings is 2. The van der Waals surface area contributed by atoms with Crippen LogP contribution >= 0.6 is 0 Å². The van der Waals surface area contributed by atoms with Gasteiger partial charge in [-0.15, -0.1) is 0 Å². The molecule has 0 spiro atoms. The van der Waals surface area contributed by atoms with Crippen LogP contribution < -0.4 is 4.72 Å². The zero-order valence-corrected chi connectivity index (χ0v) is 15.4. The molecule has 7 heteroatoms. The van der Waals surface area contributed by atoms with E-state index in [1.807, 2.05) is 0 Å². The largest absolute Gasteiger partial charge is 0.465 e. The molecule has 0 radical (unpaired) electrons. The predicted octanol–water partition coefficient (Wildman–Crippen LogP) is 2.47. The van der Waals surface area contributed by atoms with Crippen molar-refractivity contribution < 1.29 is 22.7 Å². The number of ether oxygens (including phenoxy) is 1. The number of hydrogen-bond donors (Lipinski definition) is 1. The molecule has 2 atom stereocenters. The van der Waals surface area contributed by atoms with E-state index in [2.05, 4.69) is 4.72 Å². The Labute approximate surface area is 153 Å². The lowest BCUT2D eigenvalue weighted by molar-refractivity contribution is -0.152. The maximum atomic E-state index is 12.7. The van der Waals surface area contributed by atoms with Gasteiger partial charge in [0.1, 0.15) is 11.7 Å². The van der Waals surface area contributed by atoms with Gasteiger partial charge < -0.3 is 4.74 Å². The summed E-state index contributed by atoms with van der Waals surface area (Å²) in [5, 5.41) is 0. The maximum absolute atomic E-state index is 12.7. The maximum Gasteiger partial charge on any atom is 0.318 e. The molecular weight excluding hydrogens is 354 g/mol. The van der Waals surface area contributed by atoms with E-state index in [4.69, 9.17) is 4.74 Å². The first kappa shape index (κ1) is 19.8. The molecule has 2 aromatic rings. The number of hydrogen-bond acceptors (Lipinski definition) is 5. The van der Waals surface area contributed by atoms with E-state index in [1.165, 1.54) is 19.1 Å². The van der Waals surface area contributed by atoms with E-state index < -0.39 is 33.7 Å². The summed E-state index contributed by atoms with van der Waals surface area (Å²) in [7, 11) is -3.94. The van der Waals surface area contributed by atoms with Gasteiger partial charge in [0.2, 0.25) is 10.0 Å². The summed E-state index contributed by atoms with van der Waals surface area (Å²) in [6.45, 7) is 2.96. The van der Waals surface area contributed by atoms with Crippen LogP contribution in [0.5, 0.6) is 0 Å². The van der Waals surface area contributed by atoms with Gasteiger partial charge in [-0.05, 0) is 31.5 Å². The van der Waals surface area contributed by atoms with Gasteiger partial charge in [-0.2, -0.15) is 0 Å². The number of nitrogens with one attached hydrogen (secondary N) is 1. The van der Waals surface area contributed by atoms with E-state index in [9.17, 15) is 18.0 Å². The van der Waals surface area contributed by atoms with E-state index >= 15 is 0 Å². The summed E-state index contributed by atoms with van der Waals surface area (Å²) >= 11 is 0. The second kappa shape index (κ2) is 8.73. The third-order valence-corrected chi connectivity index (χ3v) is 5.26. The van der Waals surface area contributed by atoms with Crippen molar-refractivity contribution in [2.45, 2.75) is 24.8 Å². The third kappa shape index (κ3) is 4.77. The SMILES string of the molecule is CCOC(=O)C(C(C)=O)C(NS(=O)(=O)c1ccccc1)c1ccccc1. The molecule has 0 aliphatic heterocycles. The Hall–Kier alpha value is -2.51. The van der Waals surface area contributed by atoms with Crippen LogP contribution in [-0.4, -0.2) is 26.8 Å². The van der Waals surface area contributed by atoms with Crippen molar-refractivity contribution in [1.29, 1.82) is 0 Å². The predicted molar refractivity (Wildman–Crippen MR) is 96.8 cm³/mol. The number of Topliss-reactive ketones (excluding diaryl/α,β-unsaturated/α-hetero) is 1. The summed E-state index contributed by atoms with van der Waals surface area (Å²) in [5.41, 5.74) is 0.500. The van der Waals surface area contributed by atoms with E-state index in [-0.39, 0.29) is 11.5 Å². The normalized spacial score (nSPS) is 13.6. The first-order chi connectivity index (χ1) is 12.4. The summed E-state index contributed by atoms with van der Waals surface area (Å²) in [4.78, 5) is 24.6. The molecule has 2 rings (SSSR count). The molecule has 0 bridgehead atoms. The Kier molecular flexibility index (Phi) is 6.65. The van der Waals surface area contributed by atoms with Crippen LogP contribution in [0, 0.1) is 5.92 Å². The van der Waals surface area contributed by atoms with Gasteiger partial charge in [-0.3, -0.25) is 9.59 Å². The van der Waals surface area contributed by atoms with Gasteiger partial charge in [0.05, 0.1) is 17.5 Å². The number of rotatable bonds is 8. The Morgan fingerprint density at radius 3 is 2.04 bits per heavy atom. The molecular formula is C19H21NO5S. The topological polar surface area (TPSA) is 89.5 Å². The van der Waals surface area contributed by atoms with Gasteiger partial charge in [0.15, 0.2) is 0 Å². The Morgan fingerprint density at radius 2 is 1.54 bits per heavy atom. The highest BCUT2D eigenvalue weighted by Crippen LogP contribution is 2.27. The van der Waals surface area contributed by atoms with Crippen molar-refractivity contribution in [3.63, 3.8) is 0 Å². The first-order valence-corrected chi connectivity index (χ1v) is 9.64. The van der Waals surface area contributed by atoms with E-state index in [0.717, 1.165) is 0 Å². The zero-order chi connectivity index (χ0) is 19.2. The monoisotopic (exact) mass is 375 g/mol. The van der Waals surface area contributed by atoms with Gasteiger partial charge in [-0.25, -0.2) is 13.1 Å². The highest BCUT2D eigenvalue weighted by atomic mass is 32.2. The molecule has 138 valence electrons. The molecule has 0 amide bonds. The van der Waals surface area contributed by atoms with E-state index in [0.29, 0.717) is 5.56 Å². The molecule has 26 heavy (non-hydrogen) atoms. The van der Waals surface area contributed by atoms with Crippen molar-refractivity contribution in [1.82, 2.24) is 4.72 Å². The summed E-state index contributed by atoms with van der Waals surface area (Å²) in [5.74, 6) is -2.52. The smallest absolute Gasteiger partial charge is 0.318 e. The molecule has 1 N–H and O–H groups in total. The average molecular weight is 375 g/mol. The van der Waals surface area contributed by atoms with Crippen LogP contribution in [-0.2, 0) is 24.3 Å². The summed E-state index contributed by atoms with van der Waals surface area (Å²) in [6.07, 6.45) is 0. The number of carbonyl (C=O) groups is 2. The Balaban J connectivity index is 2.48. The van der Waals surface area contributed by atoms with Crippen molar-refractivity contribution in [2.75, 3.05) is 6.61 Å². The van der Waals surface area contributed by atoms with Crippen LogP contribution in [0.15, 0.2) is 65.6 Å². The molecule has 0 heterocycles.